The molecule has 0 amide bonds. The summed E-state index contributed by atoms with van der Waals surface area (Å²) in [5.41, 5.74) is 3.53. The van der Waals surface area contributed by atoms with Crippen molar-refractivity contribution in [3.8, 4) is 0 Å². The van der Waals surface area contributed by atoms with Gasteiger partial charge in [0.1, 0.15) is 0 Å². The average Bonchev–Trinajstić information content (AvgIpc) is 2.32. The standard InChI is InChI=1S/C9H12ClN/c1-3-8-6-7(2)11-9(8)4-5-10/h3-4H,5-6H2,1-2H3/b8-3-,9-4+. The predicted octanol–water partition coefficient (Wildman–Crippen LogP) is 2.92. The third-order valence-corrected chi connectivity index (χ3v) is 1.86. The molecule has 0 aromatic heterocycles. The van der Waals surface area contributed by atoms with Crippen molar-refractivity contribution < 1.29 is 0 Å². The lowest BCUT2D eigenvalue weighted by Crippen LogP contribution is -1.82. The van der Waals surface area contributed by atoms with Crippen LogP contribution >= 0.6 is 11.6 Å². The lowest BCUT2D eigenvalue weighted by atomic mass is 10.1. The zero-order valence-corrected chi connectivity index (χ0v) is 7.65. The molecule has 1 rings (SSSR count). The van der Waals surface area contributed by atoms with E-state index in [-0.39, 0.29) is 0 Å². The predicted molar refractivity (Wildman–Crippen MR) is 50.3 cm³/mol. The van der Waals surface area contributed by atoms with Crippen LogP contribution in [0.15, 0.2) is 28.4 Å². The Hall–Kier alpha value is -0.560. The molecule has 0 aromatic rings. The van der Waals surface area contributed by atoms with Crippen LogP contribution in [0.25, 0.3) is 0 Å². The van der Waals surface area contributed by atoms with E-state index in [4.69, 9.17) is 11.6 Å². The van der Waals surface area contributed by atoms with Crippen LogP contribution in [-0.2, 0) is 0 Å². The van der Waals surface area contributed by atoms with Gasteiger partial charge in [-0.05, 0) is 25.5 Å². The maximum Gasteiger partial charge on any atom is 0.0633 e. The van der Waals surface area contributed by atoms with E-state index in [0.29, 0.717) is 5.88 Å². The molecule has 1 nitrogen and oxygen atoms in total. The van der Waals surface area contributed by atoms with Crippen molar-refractivity contribution in [1.82, 2.24) is 0 Å². The molecule has 2 heteroatoms. The second-order valence-corrected chi connectivity index (χ2v) is 2.89. The van der Waals surface area contributed by atoms with Gasteiger partial charge in [-0.2, -0.15) is 0 Å². The van der Waals surface area contributed by atoms with Gasteiger partial charge in [-0.15, -0.1) is 11.6 Å². The molecule has 0 spiro atoms. The van der Waals surface area contributed by atoms with Gasteiger partial charge in [0.2, 0.25) is 0 Å². The number of hydrogen-bond donors (Lipinski definition) is 0. The number of halogens is 1. The topological polar surface area (TPSA) is 12.4 Å². The van der Waals surface area contributed by atoms with Gasteiger partial charge in [-0.3, -0.25) is 4.99 Å². The first-order chi connectivity index (χ1) is 5.27. The van der Waals surface area contributed by atoms with Crippen LogP contribution in [0, 0.1) is 0 Å². The summed E-state index contributed by atoms with van der Waals surface area (Å²) >= 11 is 5.58. The molecule has 60 valence electrons. The summed E-state index contributed by atoms with van der Waals surface area (Å²) in [7, 11) is 0. The Labute approximate surface area is 72.5 Å². The Bertz CT molecular complexity index is 236. The molecule has 1 aliphatic rings. The highest BCUT2D eigenvalue weighted by Crippen LogP contribution is 2.23. The molecule has 0 atom stereocenters. The molecule has 0 saturated heterocycles. The fraction of sp³-hybridized carbons (Fsp3) is 0.444. The molecule has 0 bridgehead atoms. The molecule has 11 heavy (non-hydrogen) atoms. The van der Waals surface area contributed by atoms with Crippen molar-refractivity contribution in [2.45, 2.75) is 20.3 Å². The summed E-state index contributed by atoms with van der Waals surface area (Å²) in [6, 6.07) is 0. The Kier molecular flexibility index (Phi) is 2.89. The van der Waals surface area contributed by atoms with E-state index in [1.54, 1.807) is 0 Å². The Morgan fingerprint density at radius 2 is 2.36 bits per heavy atom. The van der Waals surface area contributed by atoms with Crippen LogP contribution in [-0.4, -0.2) is 11.6 Å². The molecular weight excluding hydrogens is 158 g/mol. The fourth-order valence-electron chi connectivity index (χ4n) is 1.18. The van der Waals surface area contributed by atoms with Gasteiger partial charge in [0.25, 0.3) is 0 Å². The van der Waals surface area contributed by atoms with E-state index in [1.165, 1.54) is 11.3 Å². The molecule has 0 aromatic carbocycles. The summed E-state index contributed by atoms with van der Waals surface area (Å²) in [6.07, 6.45) is 5.03. The third-order valence-electron chi connectivity index (χ3n) is 1.71. The van der Waals surface area contributed by atoms with Crippen LogP contribution in [0.5, 0.6) is 0 Å². The molecule has 1 aliphatic heterocycles. The van der Waals surface area contributed by atoms with Gasteiger partial charge in [0.15, 0.2) is 0 Å². The van der Waals surface area contributed by atoms with Gasteiger partial charge < -0.3 is 0 Å². The van der Waals surface area contributed by atoms with E-state index in [2.05, 4.69) is 11.1 Å². The number of allylic oxidation sites excluding steroid dienone is 3. The summed E-state index contributed by atoms with van der Waals surface area (Å²) < 4.78 is 0. The molecule has 0 aliphatic carbocycles. The minimum Gasteiger partial charge on any atom is -0.258 e. The van der Waals surface area contributed by atoms with Gasteiger partial charge in [-0.1, -0.05) is 6.08 Å². The largest absolute Gasteiger partial charge is 0.258 e. The molecule has 0 fully saturated rings. The smallest absolute Gasteiger partial charge is 0.0633 e. The molecule has 0 radical (unpaired) electrons. The van der Waals surface area contributed by atoms with Crippen molar-refractivity contribution in [1.29, 1.82) is 0 Å². The second kappa shape index (κ2) is 3.72. The zero-order valence-electron chi connectivity index (χ0n) is 6.89. The molecule has 1 heterocycles. The number of hydrogen-bond acceptors (Lipinski definition) is 1. The monoisotopic (exact) mass is 169 g/mol. The maximum absolute atomic E-state index is 5.58. The zero-order chi connectivity index (χ0) is 8.27. The normalized spacial score (nSPS) is 24.8. The summed E-state index contributed by atoms with van der Waals surface area (Å²) in [5, 5.41) is 0. The summed E-state index contributed by atoms with van der Waals surface area (Å²) in [5.74, 6) is 0.545. The highest BCUT2D eigenvalue weighted by molar-refractivity contribution is 6.19. The van der Waals surface area contributed by atoms with Gasteiger partial charge in [-0.25, -0.2) is 0 Å². The van der Waals surface area contributed by atoms with Crippen molar-refractivity contribution >= 4 is 17.3 Å². The van der Waals surface area contributed by atoms with Crippen LogP contribution in [0.1, 0.15) is 20.3 Å². The maximum atomic E-state index is 5.58. The van der Waals surface area contributed by atoms with Gasteiger partial charge >= 0.3 is 0 Å². The minimum absolute atomic E-state index is 0.545. The van der Waals surface area contributed by atoms with Crippen LogP contribution < -0.4 is 0 Å². The van der Waals surface area contributed by atoms with Crippen molar-refractivity contribution in [2.75, 3.05) is 5.88 Å². The summed E-state index contributed by atoms with van der Waals surface area (Å²) in [6.45, 7) is 4.07. The van der Waals surface area contributed by atoms with Crippen LogP contribution in [0.4, 0.5) is 0 Å². The minimum atomic E-state index is 0.545. The Morgan fingerprint density at radius 3 is 2.91 bits per heavy atom. The quantitative estimate of drug-likeness (QED) is 0.536. The van der Waals surface area contributed by atoms with Crippen LogP contribution in [0.3, 0.4) is 0 Å². The first-order valence-electron chi connectivity index (χ1n) is 3.73. The average molecular weight is 170 g/mol. The number of alkyl halides is 1. The van der Waals surface area contributed by atoms with E-state index < -0.39 is 0 Å². The van der Waals surface area contributed by atoms with Gasteiger partial charge in [0, 0.05) is 18.0 Å². The Balaban J connectivity index is 2.86. The number of rotatable bonds is 1. The van der Waals surface area contributed by atoms with Crippen LogP contribution in [0.2, 0.25) is 0 Å². The van der Waals surface area contributed by atoms with Crippen molar-refractivity contribution in [3.63, 3.8) is 0 Å². The van der Waals surface area contributed by atoms with E-state index >= 15 is 0 Å². The van der Waals surface area contributed by atoms with E-state index in [1.807, 2.05) is 19.9 Å². The summed E-state index contributed by atoms with van der Waals surface area (Å²) in [4.78, 5) is 4.36. The molecule has 0 unspecified atom stereocenters. The Morgan fingerprint density at radius 1 is 1.64 bits per heavy atom. The lowest BCUT2D eigenvalue weighted by Gasteiger charge is -1.94. The highest BCUT2D eigenvalue weighted by Gasteiger charge is 2.11. The first kappa shape index (κ1) is 8.54. The lowest BCUT2D eigenvalue weighted by molar-refractivity contribution is 1.29. The van der Waals surface area contributed by atoms with Crippen molar-refractivity contribution in [2.24, 2.45) is 4.99 Å². The first-order valence-corrected chi connectivity index (χ1v) is 4.27. The van der Waals surface area contributed by atoms with Crippen molar-refractivity contribution in [3.05, 3.63) is 23.4 Å². The third kappa shape index (κ3) is 1.93. The highest BCUT2D eigenvalue weighted by atomic mass is 35.5. The molecular formula is C9H12ClN. The molecule has 0 saturated carbocycles. The number of nitrogens with zero attached hydrogens (tertiary/aromatic N) is 1. The SMILES string of the molecule is C/C=C1/CC(C)=N/C1=C/CCl. The van der Waals surface area contributed by atoms with E-state index in [9.17, 15) is 0 Å². The van der Waals surface area contributed by atoms with E-state index in [0.717, 1.165) is 12.1 Å². The molecule has 0 N–H and O–H groups in total. The number of aliphatic imine (C=N–C) groups is 1. The second-order valence-electron chi connectivity index (χ2n) is 2.58. The van der Waals surface area contributed by atoms with Gasteiger partial charge in [0.05, 0.1) is 5.70 Å². The fourth-order valence-corrected chi connectivity index (χ4v) is 1.33.